The molecule has 0 radical (unpaired) electrons. The highest BCUT2D eigenvalue weighted by Crippen LogP contribution is 2.25. The first-order chi connectivity index (χ1) is 17.2. The maximum atomic E-state index is 12.1. The van der Waals surface area contributed by atoms with Gasteiger partial charge in [0.15, 0.2) is 0 Å². The van der Waals surface area contributed by atoms with E-state index < -0.39 is 69.7 Å². The molecule has 14 nitrogen and oxygen atoms in total. The van der Waals surface area contributed by atoms with Crippen LogP contribution in [0, 0.1) is 0 Å². The van der Waals surface area contributed by atoms with Crippen LogP contribution >= 0.6 is 0 Å². The summed E-state index contributed by atoms with van der Waals surface area (Å²) in [5.74, 6) is -1.17. The predicted octanol–water partition coefficient (Wildman–Crippen LogP) is 1.04. The van der Waals surface area contributed by atoms with Crippen LogP contribution in [0.5, 0.6) is 0 Å². The Hall–Kier alpha value is -2.65. The topological polar surface area (TPSA) is 175 Å². The number of methoxy groups -OCH3 is 2. The lowest BCUT2D eigenvalue weighted by Crippen LogP contribution is -2.44. The molecule has 0 aromatic rings. The molecule has 2 aliphatic rings. The average Bonchev–Trinajstić information content (AvgIpc) is 3.33. The summed E-state index contributed by atoms with van der Waals surface area (Å²) in [7, 11) is -1.23. The zero-order valence-corrected chi connectivity index (χ0v) is 24.2. The van der Waals surface area contributed by atoms with E-state index in [1.807, 2.05) is 0 Å². The molecule has 0 spiro atoms. The second-order valence-electron chi connectivity index (χ2n) is 10.9. The Morgan fingerprint density at radius 1 is 0.763 bits per heavy atom. The van der Waals surface area contributed by atoms with Gasteiger partial charge in [0.1, 0.15) is 23.3 Å². The second kappa shape index (κ2) is 12.9. The van der Waals surface area contributed by atoms with E-state index in [1.165, 1.54) is 19.1 Å². The van der Waals surface area contributed by atoms with Crippen molar-refractivity contribution in [2.75, 3.05) is 33.6 Å². The van der Waals surface area contributed by atoms with E-state index in [-0.39, 0.29) is 25.9 Å². The van der Waals surface area contributed by atoms with Crippen LogP contribution in [-0.4, -0.2) is 117 Å². The normalized spacial score (nSPS) is 23.7. The van der Waals surface area contributed by atoms with E-state index in [2.05, 4.69) is 9.47 Å². The van der Waals surface area contributed by atoms with Crippen LogP contribution in [0.3, 0.4) is 0 Å². The van der Waals surface area contributed by atoms with Gasteiger partial charge in [0.2, 0.25) is 0 Å². The number of likely N-dealkylation sites (tertiary alicyclic amines) is 2. The molecule has 1 N–H and O–H groups in total. The van der Waals surface area contributed by atoms with Crippen molar-refractivity contribution in [1.82, 2.24) is 9.80 Å². The highest BCUT2D eigenvalue weighted by molar-refractivity contribution is 7.86. The zero-order valence-electron chi connectivity index (χ0n) is 23.4. The van der Waals surface area contributed by atoms with Gasteiger partial charge >= 0.3 is 24.1 Å². The minimum Gasteiger partial charge on any atom is -0.467 e. The van der Waals surface area contributed by atoms with Crippen LogP contribution in [0.1, 0.15) is 54.4 Å². The van der Waals surface area contributed by atoms with Gasteiger partial charge in [0, 0.05) is 12.8 Å². The smallest absolute Gasteiger partial charge is 0.411 e. The number of nitrogens with zero attached hydrogens (tertiary/aromatic N) is 2. The molecule has 0 unspecified atom stereocenters. The van der Waals surface area contributed by atoms with Crippen molar-refractivity contribution >= 4 is 34.2 Å². The molecule has 0 saturated carbocycles. The van der Waals surface area contributed by atoms with Gasteiger partial charge in [-0.3, -0.25) is 14.0 Å². The van der Waals surface area contributed by atoms with E-state index >= 15 is 0 Å². The monoisotopic (exact) mass is 568 g/mol. The Balaban J connectivity index is 0.000000389. The van der Waals surface area contributed by atoms with Gasteiger partial charge in [-0.15, -0.1) is 0 Å². The second-order valence-corrected chi connectivity index (χ2v) is 12.5. The van der Waals surface area contributed by atoms with Crippen LogP contribution < -0.4 is 0 Å². The number of hydrogen-bond acceptors (Lipinski definition) is 12. The van der Waals surface area contributed by atoms with Crippen molar-refractivity contribution in [2.45, 2.75) is 89.9 Å². The lowest BCUT2D eigenvalue weighted by molar-refractivity contribution is -0.146. The fourth-order valence-electron chi connectivity index (χ4n) is 3.69. The van der Waals surface area contributed by atoms with Gasteiger partial charge in [-0.1, -0.05) is 0 Å². The Labute approximate surface area is 223 Å². The number of aliphatic hydroxyl groups excluding tert-OH is 1. The van der Waals surface area contributed by atoms with E-state index in [1.54, 1.807) is 41.5 Å². The number of carbonyl (C=O) groups is 4. The standard InChI is InChI=1S/C12H21NO7S.C11H19NO5/c1-12(2,3)19-11(15)13-7-8(20-21(5,16)17)6-9(13)10(14)18-4;1-11(2,3)17-10(15)12-6-7(13)5-8(12)9(14)16-4/h8-9H,6-7H2,1-5H3;7-8,13H,5-6H2,1-4H3/t8-,9+;7-,8-/m10/s1. The van der Waals surface area contributed by atoms with Gasteiger partial charge in [0.25, 0.3) is 10.1 Å². The summed E-state index contributed by atoms with van der Waals surface area (Å²) in [6.45, 7) is 10.3. The number of hydrogen-bond donors (Lipinski definition) is 1. The van der Waals surface area contributed by atoms with Crippen LogP contribution in [0.15, 0.2) is 0 Å². The maximum absolute atomic E-state index is 12.1. The number of aliphatic hydroxyl groups is 1. The van der Waals surface area contributed by atoms with Crippen molar-refractivity contribution in [3.63, 3.8) is 0 Å². The van der Waals surface area contributed by atoms with Crippen LogP contribution in [0.4, 0.5) is 9.59 Å². The van der Waals surface area contributed by atoms with E-state index in [0.717, 1.165) is 11.2 Å². The summed E-state index contributed by atoms with van der Waals surface area (Å²) in [6, 6.07) is -1.68. The predicted molar refractivity (Wildman–Crippen MR) is 132 cm³/mol. The molecule has 2 saturated heterocycles. The molecule has 0 bridgehead atoms. The quantitative estimate of drug-likeness (QED) is 0.290. The number of β-amino-alcohol motifs (C(OH)–C–C–N with tert-alkyl or cyclic N) is 1. The summed E-state index contributed by atoms with van der Waals surface area (Å²) in [4.78, 5) is 49.4. The van der Waals surface area contributed by atoms with Gasteiger partial charge in [-0.05, 0) is 41.5 Å². The first kappa shape index (κ1) is 33.4. The van der Waals surface area contributed by atoms with Crippen molar-refractivity contribution in [2.24, 2.45) is 0 Å². The number of amides is 2. The first-order valence-corrected chi connectivity index (χ1v) is 13.7. The summed E-state index contributed by atoms with van der Waals surface area (Å²) >= 11 is 0. The lowest BCUT2D eigenvalue weighted by Gasteiger charge is -2.27. The molecule has 2 rings (SSSR count). The minimum atomic E-state index is -3.68. The molecule has 220 valence electrons. The fourth-order valence-corrected chi connectivity index (χ4v) is 4.33. The van der Waals surface area contributed by atoms with Crippen molar-refractivity contribution in [1.29, 1.82) is 0 Å². The van der Waals surface area contributed by atoms with Crippen molar-refractivity contribution in [3.8, 4) is 0 Å². The molecule has 0 aromatic carbocycles. The average molecular weight is 569 g/mol. The van der Waals surface area contributed by atoms with Gasteiger partial charge < -0.3 is 24.1 Å². The largest absolute Gasteiger partial charge is 0.467 e. The molecular formula is C23H40N2O12S. The summed E-state index contributed by atoms with van der Waals surface area (Å²) in [5.41, 5.74) is -1.36. The maximum Gasteiger partial charge on any atom is 0.411 e. The Morgan fingerprint density at radius 3 is 1.53 bits per heavy atom. The SMILES string of the molecule is COC(=O)[C@@H]1C[C@@H](OS(C)(=O)=O)CN1C(=O)OC(C)(C)C.COC(=O)[C@@H]1C[C@H](O)CN1C(=O)OC(C)(C)C. The molecule has 2 aliphatic heterocycles. The Bertz CT molecular complexity index is 970. The molecule has 4 atom stereocenters. The molecule has 0 aliphatic carbocycles. The third kappa shape index (κ3) is 11.0. The molecule has 15 heteroatoms. The van der Waals surface area contributed by atoms with Crippen LogP contribution in [-0.2, 0) is 42.8 Å². The molecule has 38 heavy (non-hydrogen) atoms. The summed E-state index contributed by atoms with van der Waals surface area (Å²) in [6.07, 6.45) is -1.69. The van der Waals surface area contributed by atoms with Crippen LogP contribution in [0.25, 0.3) is 0 Å². The minimum absolute atomic E-state index is 0.0407. The summed E-state index contributed by atoms with van der Waals surface area (Å²) < 4.78 is 46.8. The molecule has 2 amide bonds. The highest BCUT2D eigenvalue weighted by Gasteiger charge is 2.44. The zero-order chi connectivity index (χ0) is 29.6. The molecule has 2 fully saturated rings. The van der Waals surface area contributed by atoms with Gasteiger partial charge in [0.05, 0.1) is 45.8 Å². The first-order valence-electron chi connectivity index (χ1n) is 11.9. The van der Waals surface area contributed by atoms with E-state index in [4.69, 9.17) is 13.7 Å². The fraction of sp³-hybridized carbons (Fsp3) is 0.826. The van der Waals surface area contributed by atoms with Crippen LogP contribution in [0.2, 0.25) is 0 Å². The van der Waals surface area contributed by atoms with Gasteiger partial charge in [-0.2, -0.15) is 8.42 Å². The van der Waals surface area contributed by atoms with E-state index in [0.29, 0.717) is 0 Å². The molecule has 0 aromatic heterocycles. The van der Waals surface area contributed by atoms with Crippen molar-refractivity contribution < 1.29 is 55.8 Å². The number of carbonyl (C=O) groups excluding carboxylic acids is 4. The molecular weight excluding hydrogens is 528 g/mol. The van der Waals surface area contributed by atoms with Gasteiger partial charge in [-0.25, -0.2) is 19.2 Å². The van der Waals surface area contributed by atoms with Crippen molar-refractivity contribution in [3.05, 3.63) is 0 Å². The molecule has 2 heterocycles. The lowest BCUT2D eigenvalue weighted by atomic mass is 10.2. The Kier molecular flexibility index (Phi) is 11.4. The third-order valence-electron chi connectivity index (χ3n) is 5.06. The summed E-state index contributed by atoms with van der Waals surface area (Å²) in [5, 5.41) is 9.50. The Morgan fingerprint density at radius 2 is 1.16 bits per heavy atom. The third-order valence-corrected chi connectivity index (χ3v) is 5.68. The number of rotatable bonds is 4. The highest BCUT2D eigenvalue weighted by atomic mass is 32.2. The van der Waals surface area contributed by atoms with E-state index in [9.17, 15) is 32.7 Å². The number of ether oxygens (including phenoxy) is 4. The number of esters is 2.